The Morgan fingerprint density at radius 2 is 1.90 bits per heavy atom. The van der Waals surface area contributed by atoms with E-state index in [1.54, 1.807) is 38.3 Å². The number of amides is 1. The average molecular weight is 447 g/mol. The maximum absolute atomic E-state index is 12.6. The topological polar surface area (TPSA) is 95.3 Å². The molecular weight excluding hydrogens is 416 g/mol. The van der Waals surface area contributed by atoms with Gasteiger partial charge in [0, 0.05) is 11.6 Å². The Balaban J connectivity index is 1.74. The number of rotatable bonds is 9. The summed E-state index contributed by atoms with van der Waals surface area (Å²) in [5.74, 6) is 0.952. The van der Waals surface area contributed by atoms with Crippen LogP contribution in [0.3, 0.4) is 0 Å². The van der Waals surface area contributed by atoms with Crippen molar-refractivity contribution in [3.63, 3.8) is 0 Å². The first kappa shape index (κ1) is 23.1. The maximum atomic E-state index is 12.6. The van der Waals surface area contributed by atoms with Gasteiger partial charge in [-0.2, -0.15) is 0 Å². The summed E-state index contributed by atoms with van der Waals surface area (Å²) in [4.78, 5) is 24.7. The van der Waals surface area contributed by atoms with E-state index in [1.807, 2.05) is 6.92 Å². The van der Waals surface area contributed by atoms with E-state index in [2.05, 4.69) is 20.1 Å². The number of carbonyl (C=O) groups excluding carboxylic acids is 2. The number of nitrogens with one attached hydrogen (secondary N) is 1. The molecule has 1 aliphatic carbocycles. The highest BCUT2D eigenvalue weighted by molar-refractivity contribution is 8.00. The van der Waals surface area contributed by atoms with E-state index in [0.29, 0.717) is 28.9 Å². The van der Waals surface area contributed by atoms with Gasteiger partial charge in [0.25, 0.3) is 5.91 Å². The zero-order chi connectivity index (χ0) is 22.2. The van der Waals surface area contributed by atoms with Crippen LogP contribution in [0.1, 0.15) is 68.2 Å². The van der Waals surface area contributed by atoms with Gasteiger partial charge in [-0.15, -0.1) is 10.2 Å². The first-order valence-electron chi connectivity index (χ1n) is 10.7. The van der Waals surface area contributed by atoms with Crippen molar-refractivity contribution in [2.75, 3.05) is 13.7 Å². The van der Waals surface area contributed by atoms with Crippen molar-refractivity contribution in [1.82, 2.24) is 20.1 Å². The van der Waals surface area contributed by atoms with E-state index in [-0.39, 0.29) is 29.7 Å². The number of methoxy groups -OCH3 is 1. The maximum Gasteiger partial charge on any atom is 0.319 e. The van der Waals surface area contributed by atoms with Crippen LogP contribution in [0.15, 0.2) is 29.4 Å². The number of hydrogen-bond donors (Lipinski definition) is 1. The smallest absolute Gasteiger partial charge is 0.319 e. The first-order valence-corrected chi connectivity index (χ1v) is 11.6. The number of hydrogen-bond acceptors (Lipinski definition) is 7. The van der Waals surface area contributed by atoms with Gasteiger partial charge in [-0.1, -0.05) is 31.0 Å². The van der Waals surface area contributed by atoms with Gasteiger partial charge in [-0.05, 0) is 51.0 Å². The number of nitrogens with zero attached hydrogens (tertiary/aromatic N) is 3. The fourth-order valence-corrected chi connectivity index (χ4v) is 4.62. The summed E-state index contributed by atoms with van der Waals surface area (Å²) in [5, 5.41) is 11.9. The molecule has 0 unspecified atom stereocenters. The zero-order valence-electron chi connectivity index (χ0n) is 18.3. The van der Waals surface area contributed by atoms with E-state index in [0.717, 1.165) is 25.7 Å². The second-order valence-corrected chi connectivity index (χ2v) is 8.79. The van der Waals surface area contributed by atoms with Gasteiger partial charge in [0.05, 0.1) is 20.3 Å². The molecule has 1 saturated carbocycles. The van der Waals surface area contributed by atoms with Crippen molar-refractivity contribution in [3.05, 3.63) is 35.7 Å². The minimum Gasteiger partial charge on any atom is -0.497 e. The highest BCUT2D eigenvalue weighted by atomic mass is 32.2. The third kappa shape index (κ3) is 6.00. The molecule has 1 N–H and O–H groups in total. The summed E-state index contributed by atoms with van der Waals surface area (Å²) in [5.41, 5.74) is 0.551. The van der Waals surface area contributed by atoms with Crippen LogP contribution in [-0.2, 0) is 16.1 Å². The summed E-state index contributed by atoms with van der Waals surface area (Å²) in [6, 6.07) is 7.23. The highest BCUT2D eigenvalue weighted by Gasteiger charge is 2.26. The zero-order valence-corrected chi connectivity index (χ0v) is 19.1. The Hall–Kier alpha value is -2.55. The van der Waals surface area contributed by atoms with Gasteiger partial charge in [0.1, 0.15) is 11.0 Å². The van der Waals surface area contributed by atoms with Gasteiger partial charge < -0.3 is 19.4 Å². The predicted octanol–water partition coefficient (Wildman–Crippen LogP) is 3.77. The largest absolute Gasteiger partial charge is 0.497 e. The normalized spacial score (nSPS) is 15.3. The Morgan fingerprint density at radius 3 is 2.55 bits per heavy atom. The minimum atomic E-state index is -0.381. The van der Waals surface area contributed by atoms with Gasteiger partial charge >= 0.3 is 5.97 Å². The second kappa shape index (κ2) is 11.2. The summed E-state index contributed by atoms with van der Waals surface area (Å²) in [7, 11) is 1.59. The molecule has 0 aliphatic heterocycles. The van der Waals surface area contributed by atoms with Crippen LogP contribution in [0.5, 0.6) is 5.75 Å². The lowest BCUT2D eigenvalue weighted by atomic mass is 9.95. The predicted molar refractivity (Wildman–Crippen MR) is 118 cm³/mol. The van der Waals surface area contributed by atoms with Crippen molar-refractivity contribution >= 4 is 23.6 Å². The SMILES string of the molecule is CCOC(=O)[C@@H](C)Sc1nnc(CNC(=O)c2ccc(OC)cc2)n1C1CCCCC1. The molecule has 0 saturated heterocycles. The van der Waals surface area contributed by atoms with E-state index in [1.165, 1.54) is 18.2 Å². The Labute approximate surface area is 187 Å². The molecule has 1 aromatic heterocycles. The van der Waals surface area contributed by atoms with Crippen molar-refractivity contribution in [2.24, 2.45) is 0 Å². The van der Waals surface area contributed by atoms with E-state index in [4.69, 9.17) is 9.47 Å². The fraction of sp³-hybridized carbons (Fsp3) is 0.545. The lowest BCUT2D eigenvalue weighted by Gasteiger charge is -2.26. The fourth-order valence-electron chi connectivity index (χ4n) is 3.68. The third-order valence-corrected chi connectivity index (χ3v) is 6.37. The van der Waals surface area contributed by atoms with Crippen LogP contribution in [0, 0.1) is 0 Å². The molecule has 1 amide bonds. The van der Waals surface area contributed by atoms with E-state index >= 15 is 0 Å². The van der Waals surface area contributed by atoms with Crippen LogP contribution in [-0.4, -0.2) is 45.6 Å². The quantitative estimate of drug-likeness (QED) is 0.463. The molecule has 3 rings (SSSR count). The van der Waals surface area contributed by atoms with Crippen LogP contribution in [0.4, 0.5) is 0 Å². The van der Waals surface area contributed by atoms with Gasteiger partial charge in [0.2, 0.25) is 0 Å². The van der Waals surface area contributed by atoms with Gasteiger partial charge in [-0.25, -0.2) is 0 Å². The van der Waals surface area contributed by atoms with Crippen LogP contribution in [0.25, 0.3) is 0 Å². The van der Waals surface area contributed by atoms with Crippen LogP contribution < -0.4 is 10.1 Å². The molecule has 1 aromatic carbocycles. The first-order chi connectivity index (χ1) is 15.0. The average Bonchev–Trinajstić information content (AvgIpc) is 3.20. The van der Waals surface area contributed by atoms with E-state index in [9.17, 15) is 9.59 Å². The molecule has 168 valence electrons. The summed E-state index contributed by atoms with van der Waals surface area (Å²) in [6.07, 6.45) is 5.61. The summed E-state index contributed by atoms with van der Waals surface area (Å²) >= 11 is 1.36. The number of esters is 1. The molecule has 1 heterocycles. The van der Waals surface area contributed by atoms with Crippen molar-refractivity contribution in [1.29, 1.82) is 0 Å². The molecule has 0 bridgehead atoms. The molecule has 1 aliphatic rings. The number of aromatic nitrogens is 3. The number of ether oxygens (including phenoxy) is 2. The molecule has 1 fully saturated rings. The molecule has 9 heteroatoms. The Morgan fingerprint density at radius 1 is 1.19 bits per heavy atom. The minimum absolute atomic E-state index is 0.185. The lowest BCUT2D eigenvalue weighted by Crippen LogP contribution is -2.26. The molecule has 1 atom stereocenters. The molecule has 2 aromatic rings. The molecule has 31 heavy (non-hydrogen) atoms. The van der Waals surface area contributed by atoms with Gasteiger partial charge in [-0.3, -0.25) is 9.59 Å². The summed E-state index contributed by atoms with van der Waals surface area (Å²) in [6.45, 7) is 4.22. The standard InChI is InChI=1S/C22H30N4O4S/c1-4-30-21(28)15(2)31-22-25-24-19(26(22)17-8-6-5-7-9-17)14-23-20(27)16-10-12-18(29-3)13-11-16/h10-13,15,17H,4-9,14H2,1-3H3,(H,23,27)/t15-/m1/s1. The highest BCUT2D eigenvalue weighted by Crippen LogP contribution is 2.34. The molecular formula is C22H30N4O4S. The van der Waals surface area contributed by atoms with E-state index < -0.39 is 0 Å². The molecule has 0 radical (unpaired) electrons. The molecule has 8 nitrogen and oxygen atoms in total. The Bertz CT molecular complexity index is 878. The monoisotopic (exact) mass is 446 g/mol. The lowest BCUT2D eigenvalue weighted by molar-refractivity contribution is -0.142. The number of benzene rings is 1. The van der Waals surface area contributed by atoms with Gasteiger partial charge in [0.15, 0.2) is 11.0 Å². The van der Waals surface area contributed by atoms with Crippen molar-refractivity contribution in [2.45, 2.75) is 68.9 Å². The third-order valence-electron chi connectivity index (χ3n) is 5.33. The number of thioether (sulfide) groups is 1. The number of carbonyl (C=O) groups is 2. The van der Waals surface area contributed by atoms with Crippen LogP contribution in [0.2, 0.25) is 0 Å². The van der Waals surface area contributed by atoms with Crippen LogP contribution >= 0.6 is 11.8 Å². The van der Waals surface area contributed by atoms with Crippen molar-refractivity contribution in [3.8, 4) is 5.75 Å². The second-order valence-electron chi connectivity index (χ2n) is 7.48. The molecule has 0 spiro atoms. The summed E-state index contributed by atoms with van der Waals surface area (Å²) < 4.78 is 12.4. The van der Waals surface area contributed by atoms with Crippen molar-refractivity contribution < 1.29 is 19.1 Å². The Kier molecular flexibility index (Phi) is 8.34.